The van der Waals surface area contributed by atoms with Gasteiger partial charge in [-0.3, -0.25) is 0 Å². The van der Waals surface area contributed by atoms with Crippen LogP contribution in [0.25, 0.3) is 11.1 Å². The van der Waals surface area contributed by atoms with Gasteiger partial charge in [-0.25, -0.2) is 18.7 Å². The van der Waals surface area contributed by atoms with Crippen LogP contribution in [0.4, 0.5) is 0 Å². The number of aryl methyl sites for hydroxylation is 1. The van der Waals surface area contributed by atoms with Crippen LogP contribution in [-0.2, 0) is 22.6 Å². The monoisotopic (exact) mass is 468 g/mol. The highest BCUT2D eigenvalue weighted by atomic mass is 16.5. The highest BCUT2D eigenvalue weighted by Crippen LogP contribution is 2.20. The number of esters is 2. The molecule has 0 fully saturated rings. The summed E-state index contributed by atoms with van der Waals surface area (Å²) in [4.78, 5) is 23.2. The molecule has 4 rings (SSSR count). The lowest BCUT2D eigenvalue weighted by Crippen LogP contribution is -2.34. The number of methoxy groups -OCH3 is 2. The number of pyridine rings is 2. The van der Waals surface area contributed by atoms with E-state index in [0.29, 0.717) is 24.2 Å². The Morgan fingerprint density at radius 3 is 1.57 bits per heavy atom. The van der Waals surface area contributed by atoms with Gasteiger partial charge in [-0.2, -0.15) is 0 Å². The fourth-order valence-corrected chi connectivity index (χ4v) is 3.98. The summed E-state index contributed by atoms with van der Waals surface area (Å²) in [7, 11) is 2.77. The number of aromatic nitrogens is 2. The number of nitrogens with zero attached hydrogens (tertiary/aromatic N) is 2. The minimum absolute atomic E-state index is 0.329. The summed E-state index contributed by atoms with van der Waals surface area (Å²) in [5.74, 6) is -0.658. The molecule has 0 unspecified atom stereocenters. The lowest BCUT2D eigenvalue weighted by molar-refractivity contribution is -0.688. The van der Waals surface area contributed by atoms with Gasteiger partial charge < -0.3 is 9.47 Å². The Kier molecular flexibility index (Phi) is 7.31. The SMILES string of the molecule is COC(=O)c1ccc(C[n+]2ccc(-c3cc[n+](Cc4ccc(C(=O)OC)cc4)cc3C)cc2)cc1. The molecule has 0 aliphatic rings. The Balaban J connectivity index is 1.43. The molecule has 2 aromatic heterocycles. The third-order valence-corrected chi connectivity index (χ3v) is 5.90. The molecule has 4 aromatic rings. The highest BCUT2D eigenvalue weighted by Gasteiger charge is 2.12. The zero-order valence-corrected chi connectivity index (χ0v) is 20.1. The van der Waals surface area contributed by atoms with E-state index in [1.807, 2.05) is 24.3 Å². The van der Waals surface area contributed by atoms with Gasteiger partial charge in [0.05, 0.1) is 25.3 Å². The Bertz CT molecular complexity index is 1330. The van der Waals surface area contributed by atoms with Crippen LogP contribution in [0, 0.1) is 6.92 Å². The van der Waals surface area contributed by atoms with E-state index in [1.54, 1.807) is 24.3 Å². The lowest BCUT2D eigenvalue weighted by atomic mass is 10.0. The number of ether oxygens (including phenoxy) is 2. The van der Waals surface area contributed by atoms with Crippen molar-refractivity contribution in [1.82, 2.24) is 0 Å². The molecule has 176 valence electrons. The van der Waals surface area contributed by atoms with E-state index < -0.39 is 0 Å². The molecule has 35 heavy (non-hydrogen) atoms. The number of hydrogen-bond donors (Lipinski definition) is 0. The van der Waals surface area contributed by atoms with Crippen LogP contribution in [0.5, 0.6) is 0 Å². The van der Waals surface area contributed by atoms with E-state index in [0.717, 1.165) is 16.7 Å². The summed E-state index contributed by atoms with van der Waals surface area (Å²) in [6.45, 7) is 3.53. The van der Waals surface area contributed by atoms with Crippen LogP contribution in [0.2, 0.25) is 0 Å². The molecule has 0 bridgehead atoms. The van der Waals surface area contributed by atoms with Crippen molar-refractivity contribution in [1.29, 1.82) is 0 Å². The molecule has 6 heteroatoms. The summed E-state index contributed by atoms with van der Waals surface area (Å²) >= 11 is 0. The number of hydrogen-bond acceptors (Lipinski definition) is 4. The van der Waals surface area contributed by atoms with Crippen LogP contribution >= 0.6 is 0 Å². The quantitative estimate of drug-likeness (QED) is 0.305. The molecule has 2 heterocycles. The largest absolute Gasteiger partial charge is 0.465 e. The fraction of sp³-hybridized carbons (Fsp3) is 0.172. The average Bonchev–Trinajstić information content (AvgIpc) is 2.89. The zero-order chi connectivity index (χ0) is 24.8. The first kappa shape index (κ1) is 23.8. The lowest BCUT2D eigenvalue weighted by Gasteiger charge is -2.06. The smallest absolute Gasteiger partial charge is 0.337 e. The molecule has 0 saturated carbocycles. The van der Waals surface area contributed by atoms with Gasteiger partial charge in [0, 0.05) is 34.9 Å². The maximum atomic E-state index is 11.6. The van der Waals surface area contributed by atoms with Crippen LogP contribution in [0.1, 0.15) is 37.4 Å². The predicted octanol–water partition coefficient (Wildman–Crippen LogP) is 3.91. The number of rotatable bonds is 7. The van der Waals surface area contributed by atoms with Gasteiger partial charge in [0.1, 0.15) is 0 Å². The molecule has 0 N–H and O–H groups in total. The Hall–Kier alpha value is -4.32. The first-order valence-electron chi connectivity index (χ1n) is 11.3. The third-order valence-electron chi connectivity index (χ3n) is 5.90. The van der Waals surface area contributed by atoms with E-state index in [2.05, 4.69) is 59.0 Å². The van der Waals surface area contributed by atoms with Gasteiger partial charge in [-0.15, -0.1) is 0 Å². The van der Waals surface area contributed by atoms with E-state index in [-0.39, 0.29) is 11.9 Å². The molecule has 0 atom stereocenters. The van der Waals surface area contributed by atoms with Crippen LogP contribution in [0.15, 0.2) is 91.5 Å². The second-order valence-corrected chi connectivity index (χ2v) is 8.35. The van der Waals surface area contributed by atoms with E-state index >= 15 is 0 Å². The summed E-state index contributed by atoms with van der Waals surface area (Å²) in [5.41, 5.74) is 6.81. The van der Waals surface area contributed by atoms with Crippen molar-refractivity contribution < 1.29 is 28.2 Å². The first-order valence-corrected chi connectivity index (χ1v) is 11.3. The maximum absolute atomic E-state index is 11.6. The summed E-state index contributed by atoms with van der Waals surface area (Å²) in [6, 6.07) is 21.3. The topological polar surface area (TPSA) is 60.4 Å². The van der Waals surface area contributed by atoms with E-state index in [4.69, 9.17) is 9.47 Å². The van der Waals surface area contributed by atoms with Gasteiger partial charge in [0.15, 0.2) is 37.9 Å². The average molecular weight is 469 g/mol. The molecule has 0 aliphatic carbocycles. The van der Waals surface area contributed by atoms with Gasteiger partial charge in [-0.05, 0) is 42.3 Å². The van der Waals surface area contributed by atoms with Gasteiger partial charge in [-0.1, -0.05) is 24.3 Å². The van der Waals surface area contributed by atoms with Crippen molar-refractivity contribution in [3.8, 4) is 11.1 Å². The predicted molar refractivity (Wildman–Crippen MR) is 131 cm³/mol. The van der Waals surface area contributed by atoms with E-state index in [9.17, 15) is 9.59 Å². The second-order valence-electron chi connectivity index (χ2n) is 8.35. The number of carbonyl (C=O) groups is 2. The van der Waals surface area contributed by atoms with Crippen molar-refractivity contribution in [2.24, 2.45) is 0 Å². The van der Waals surface area contributed by atoms with Gasteiger partial charge in [0.25, 0.3) is 0 Å². The standard InChI is InChI=1S/C29H28N2O4/c1-21-18-31(20-23-6-10-26(11-7-23)29(33)35-3)17-14-27(21)24-12-15-30(16-13-24)19-22-4-8-25(9-5-22)28(32)34-2/h4-18H,19-20H2,1-3H3/q+2. The normalized spacial score (nSPS) is 10.6. The van der Waals surface area contributed by atoms with Crippen molar-refractivity contribution in [2.45, 2.75) is 20.0 Å². The molecule has 6 nitrogen and oxygen atoms in total. The Morgan fingerprint density at radius 2 is 1.11 bits per heavy atom. The summed E-state index contributed by atoms with van der Waals surface area (Å²) in [5, 5.41) is 0. The molecule has 0 radical (unpaired) electrons. The molecule has 2 aromatic carbocycles. The van der Waals surface area contributed by atoms with Crippen molar-refractivity contribution in [3.05, 3.63) is 119 Å². The maximum Gasteiger partial charge on any atom is 0.337 e. The minimum atomic E-state index is -0.329. The van der Waals surface area contributed by atoms with Crippen molar-refractivity contribution in [3.63, 3.8) is 0 Å². The third kappa shape index (κ3) is 5.79. The van der Waals surface area contributed by atoms with Gasteiger partial charge >= 0.3 is 11.9 Å². The molecule has 0 spiro atoms. The van der Waals surface area contributed by atoms with Crippen LogP contribution in [0.3, 0.4) is 0 Å². The van der Waals surface area contributed by atoms with Crippen molar-refractivity contribution >= 4 is 11.9 Å². The number of carbonyl (C=O) groups excluding carboxylic acids is 2. The van der Waals surface area contributed by atoms with Crippen molar-refractivity contribution in [2.75, 3.05) is 14.2 Å². The molecule has 0 amide bonds. The van der Waals surface area contributed by atoms with E-state index in [1.165, 1.54) is 25.3 Å². The first-order chi connectivity index (χ1) is 17.0. The zero-order valence-electron chi connectivity index (χ0n) is 20.1. The fourth-order valence-electron chi connectivity index (χ4n) is 3.98. The molecular formula is C29H28N2O4+2. The minimum Gasteiger partial charge on any atom is -0.465 e. The summed E-state index contributed by atoms with van der Waals surface area (Å²) < 4.78 is 13.7. The Morgan fingerprint density at radius 1 is 0.657 bits per heavy atom. The van der Waals surface area contributed by atoms with Crippen LogP contribution < -0.4 is 9.13 Å². The second kappa shape index (κ2) is 10.7. The van der Waals surface area contributed by atoms with Crippen LogP contribution in [-0.4, -0.2) is 26.2 Å². The number of benzene rings is 2. The summed E-state index contributed by atoms with van der Waals surface area (Å²) in [6.07, 6.45) is 8.33. The van der Waals surface area contributed by atoms with Gasteiger partial charge in [0.2, 0.25) is 0 Å². The Labute approximate surface area is 205 Å². The molecule has 0 saturated heterocycles. The highest BCUT2D eigenvalue weighted by molar-refractivity contribution is 5.89. The molecule has 0 aliphatic heterocycles. The molecular weight excluding hydrogens is 440 g/mol.